The van der Waals surface area contributed by atoms with Gasteiger partial charge in [0.15, 0.2) is 5.54 Å². The molecule has 0 aliphatic carbocycles. The van der Waals surface area contributed by atoms with Crippen molar-refractivity contribution in [2.45, 2.75) is 31.3 Å². The van der Waals surface area contributed by atoms with Gasteiger partial charge >= 0.3 is 12.0 Å². The molecule has 6 heteroatoms. The molecule has 2 amide bonds. The summed E-state index contributed by atoms with van der Waals surface area (Å²) in [6.07, 6.45) is 5.76. The first-order valence-corrected chi connectivity index (χ1v) is 5.33. The highest BCUT2D eigenvalue weighted by atomic mass is 16.5. The molecule has 0 aromatic rings. The third kappa shape index (κ3) is 3.36. The van der Waals surface area contributed by atoms with E-state index < -0.39 is 17.5 Å². The lowest BCUT2D eigenvalue weighted by molar-refractivity contribution is -0.144. The van der Waals surface area contributed by atoms with E-state index in [1.807, 2.05) is 0 Å². The topological polar surface area (TPSA) is 87.7 Å². The number of carboxylic acids is 1. The van der Waals surface area contributed by atoms with Gasteiger partial charge in [0.05, 0.1) is 6.61 Å². The molecule has 0 bridgehead atoms. The summed E-state index contributed by atoms with van der Waals surface area (Å²) in [6.45, 7) is 2.06. The third-order valence-electron chi connectivity index (χ3n) is 2.59. The van der Waals surface area contributed by atoms with Crippen molar-refractivity contribution in [1.82, 2.24) is 10.6 Å². The lowest BCUT2D eigenvalue weighted by Gasteiger charge is -2.24. The third-order valence-corrected chi connectivity index (χ3v) is 2.59. The zero-order chi connectivity index (χ0) is 12.9. The Hall–Kier alpha value is -1.74. The van der Waals surface area contributed by atoms with Crippen molar-refractivity contribution < 1.29 is 19.4 Å². The first kappa shape index (κ1) is 13.3. The monoisotopic (exact) mass is 240 g/mol. The van der Waals surface area contributed by atoms with E-state index in [1.165, 1.54) is 0 Å². The molecule has 2 atom stereocenters. The lowest BCUT2D eigenvalue weighted by Crippen LogP contribution is -2.58. The van der Waals surface area contributed by atoms with Gasteiger partial charge < -0.3 is 20.5 Å². The van der Waals surface area contributed by atoms with Crippen molar-refractivity contribution in [1.29, 1.82) is 0 Å². The Morgan fingerprint density at radius 1 is 1.65 bits per heavy atom. The summed E-state index contributed by atoms with van der Waals surface area (Å²) in [5.41, 5.74) is -1.32. The Bertz CT molecular complexity index is 342. The maximum atomic E-state index is 11.6. The summed E-state index contributed by atoms with van der Waals surface area (Å²) in [7, 11) is 0. The Morgan fingerprint density at radius 2 is 2.35 bits per heavy atom. The number of rotatable bonds is 4. The van der Waals surface area contributed by atoms with Crippen LogP contribution in [-0.4, -0.2) is 41.9 Å². The van der Waals surface area contributed by atoms with Gasteiger partial charge in [-0.3, -0.25) is 0 Å². The van der Waals surface area contributed by atoms with Gasteiger partial charge in [-0.1, -0.05) is 0 Å². The summed E-state index contributed by atoms with van der Waals surface area (Å²) in [4.78, 5) is 22.7. The van der Waals surface area contributed by atoms with Crippen molar-refractivity contribution in [3.63, 3.8) is 0 Å². The average Bonchev–Trinajstić information content (AvgIpc) is 2.67. The molecule has 1 aliphatic heterocycles. The molecule has 1 saturated heterocycles. The minimum absolute atomic E-state index is 0.0146. The molecule has 1 rings (SSSR count). The predicted molar refractivity (Wildman–Crippen MR) is 60.4 cm³/mol. The molecule has 2 unspecified atom stereocenters. The zero-order valence-corrected chi connectivity index (χ0v) is 9.66. The van der Waals surface area contributed by atoms with E-state index in [0.717, 1.165) is 0 Å². The van der Waals surface area contributed by atoms with Crippen LogP contribution < -0.4 is 10.6 Å². The Balaban J connectivity index is 2.54. The molecule has 3 N–H and O–H groups in total. The Kier molecular flexibility index (Phi) is 4.35. The number of carboxylic acid groups (broad SMARTS) is 1. The van der Waals surface area contributed by atoms with Crippen molar-refractivity contribution in [3.8, 4) is 12.3 Å². The standard InChI is InChI=1S/C11H16N2O4/c1-3-4-8(2)12-10(16)13-11(9(14)15)5-6-17-7-11/h1,8H,4-7H2,2H3,(H,14,15)(H2,12,13,16). The van der Waals surface area contributed by atoms with Crippen LogP contribution in [0.4, 0.5) is 4.79 Å². The van der Waals surface area contributed by atoms with Gasteiger partial charge in [-0.05, 0) is 6.92 Å². The molecule has 1 aliphatic rings. The van der Waals surface area contributed by atoms with Crippen LogP contribution in [0.2, 0.25) is 0 Å². The van der Waals surface area contributed by atoms with E-state index in [4.69, 9.17) is 16.3 Å². The molecule has 1 fully saturated rings. The second kappa shape index (κ2) is 5.55. The van der Waals surface area contributed by atoms with Gasteiger partial charge in [0, 0.05) is 25.5 Å². The first-order valence-electron chi connectivity index (χ1n) is 5.33. The van der Waals surface area contributed by atoms with E-state index in [1.54, 1.807) is 6.92 Å². The van der Waals surface area contributed by atoms with Crippen LogP contribution in [0.25, 0.3) is 0 Å². The average molecular weight is 240 g/mol. The summed E-state index contributed by atoms with van der Waals surface area (Å²) in [5, 5.41) is 14.1. The van der Waals surface area contributed by atoms with Gasteiger partial charge in [0.2, 0.25) is 0 Å². The molecular formula is C11H16N2O4. The number of urea groups is 1. The first-order chi connectivity index (χ1) is 8.00. The fourth-order valence-corrected chi connectivity index (χ4v) is 1.59. The van der Waals surface area contributed by atoms with Crippen LogP contribution in [-0.2, 0) is 9.53 Å². The molecular weight excluding hydrogens is 224 g/mol. The molecule has 0 spiro atoms. The smallest absolute Gasteiger partial charge is 0.332 e. The van der Waals surface area contributed by atoms with Crippen molar-refractivity contribution in [3.05, 3.63) is 0 Å². The number of ether oxygens (including phenoxy) is 1. The number of aliphatic carboxylic acids is 1. The van der Waals surface area contributed by atoms with Crippen molar-refractivity contribution >= 4 is 12.0 Å². The van der Waals surface area contributed by atoms with Crippen molar-refractivity contribution in [2.24, 2.45) is 0 Å². The Morgan fingerprint density at radius 3 is 2.82 bits per heavy atom. The molecule has 0 aromatic heterocycles. The molecule has 0 radical (unpaired) electrons. The van der Waals surface area contributed by atoms with E-state index in [9.17, 15) is 9.59 Å². The number of hydrogen-bond acceptors (Lipinski definition) is 3. The number of carbonyl (C=O) groups excluding carboxylic acids is 1. The van der Waals surface area contributed by atoms with Crippen LogP contribution in [0, 0.1) is 12.3 Å². The maximum absolute atomic E-state index is 11.6. The minimum atomic E-state index is -1.32. The molecule has 1 heterocycles. The predicted octanol–water partition coefficient (Wildman–Crippen LogP) is -0.0589. The highest BCUT2D eigenvalue weighted by Crippen LogP contribution is 2.18. The quantitative estimate of drug-likeness (QED) is 0.601. The number of amides is 2. The number of terminal acetylenes is 1. The zero-order valence-electron chi connectivity index (χ0n) is 9.66. The van der Waals surface area contributed by atoms with Crippen LogP contribution in [0.1, 0.15) is 19.8 Å². The minimum Gasteiger partial charge on any atom is -0.479 e. The normalized spacial score (nSPS) is 24.7. The van der Waals surface area contributed by atoms with Gasteiger partial charge in [0.1, 0.15) is 0 Å². The summed E-state index contributed by atoms with van der Waals surface area (Å²) >= 11 is 0. The summed E-state index contributed by atoms with van der Waals surface area (Å²) < 4.78 is 5.02. The molecule has 94 valence electrons. The van der Waals surface area contributed by atoms with Gasteiger partial charge in [-0.15, -0.1) is 12.3 Å². The van der Waals surface area contributed by atoms with E-state index >= 15 is 0 Å². The molecule has 17 heavy (non-hydrogen) atoms. The van der Waals surface area contributed by atoms with Crippen LogP contribution >= 0.6 is 0 Å². The second-order valence-corrected chi connectivity index (χ2v) is 4.10. The fraction of sp³-hybridized carbons (Fsp3) is 0.636. The Labute approximate surface area is 99.7 Å². The lowest BCUT2D eigenvalue weighted by atomic mass is 9.99. The second-order valence-electron chi connectivity index (χ2n) is 4.10. The van der Waals surface area contributed by atoms with Crippen LogP contribution in [0.5, 0.6) is 0 Å². The van der Waals surface area contributed by atoms with Crippen LogP contribution in [0.15, 0.2) is 0 Å². The van der Waals surface area contributed by atoms with E-state index in [2.05, 4.69) is 16.6 Å². The van der Waals surface area contributed by atoms with Gasteiger partial charge in [-0.2, -0.15) is 0 Å². The number of carbonyl (C=O) groups is 2. The molecule has 6 nitrogen and oxygen atoms in total. The van der Waals surface area contributed by atoms with Crippen LogP contribution in [0.3, 0.4) is 0 Å². The largest absolute Gasteiger partial charge is 0.479 e. The van der Waals surface area contributed by atoms with E-state index in [-0.39, 0.29) is 19.1 Å². The fourth-order valence-electron chi connectivity index (χ4n) is 1.59. The molecule has 0 saturated carbocycles. The highest BCUT2D eigenvalue weighted by Gasteiger charge is 2.44. The summed E-state index contributed by atoms with van der Waals surface area (Å²) in [6, 6.07) is -0.742. The van der Waals surface area contributed by atoms with Gasteiger partial charge in [-0.25, -0.2) is 9.59 Å². The van der Waals surface area contributed by atoms with Gasteiger partial charge in [0.25, 0.3) is 0 Å². The summed E-state index contributed by atoms with van der Waals surface area (Å²) in [5.74, 6) is 1.33. The maximum Gasteiger partial charge on any atom is 0.332 e. The number of nitrogens with one attached hydrogen (secondary N) is 2. The number of hydrogen-bond donors (Lipinski definition) is 3. The highest BCUT2D eigenvalue weighted by molar-refractivity contribution is 5.86. The molecule has 0 aromatic carbocycles. The van der Waals surface area contributed by atoms with Crippen molar-refractivity contribution in [2.75, 3.05) is 13.2 Å². The van der Waals surface area contributed by atoms with E-state index in [0.29, 0.717) is 13.0 Å². The SMILES string of the molecule is C#CCC(C)NC(=O)NC1(C(=O)O)CCOC1.